The van der Waals surface area contributed by atoms with Crippen LogP contribution in [0.15, 0.2) is 42.6 Å². The maximum Gasteiger partial charge on any atom is 0.319 e. The molecule has 24 heavy (non-hydrogen) atoms. The van der Waals surface area contributed by atoms with E-state index in [4.69, 9.17) is 11.6 Å². The van der Waals surface area contributed by atoms with Crippen molar-refractivity contribution in [2.45, 2.75) is 19.4 Å². The maximum absolute atomic E-state index is 12.2. The molecule has 0 spiro atoms. The second-order valence-corrected chi connectivity index (χ2v) is 6.10. The molecule has 2 heterocycles. The third-order valence-corrected chi connectivity index (χ3v) is 4.01. The van der Waals surface area contributed by atoms with Gasteiger partial charge in [-0.2, -0.15) is 0 Å². The molecular weight excluding hydrogens is 328 g/mol. The molecule has 1 unspecified atom stereocenters. The van der Waals surface area contributed by atoms with E-state index in [1.165, 1.54) is 6.20 Å². The Balaban J connectivity index is 1.58. The van der Waals surface area contributed by atoms with Crippen LogP contribution in [0.3, 0.4) is 0 Å². The van der Waals surface area contributed by atoms with Crippen LogP contribution in [0, 0.1) is 6.92 Å². The molecule has 1 fully saturated rings. The maximum atomic E-state index is 12.2. The number of nitrogens with one attached hydrogen (secondary N) is 2. The molecule has 1 aromatic heterocycles. The molecule has 1 aliphatic heterocycles. The fourth-order valence-corrected chi connectivity index (χ4v) is 2.69. The molecule has 0 radical (unpaired) electrons. The summed E-state index contributed by atoms with van der Waals surface area (Å²) in [5.41, 5.74) is 2.52. The van der Waals surface area contributed by atoms with Crippen LogP contribution in [0.2, 0.25) is 5.15 Å². The lowest BCUT2D eigenvalue weighted by Crippen LogP contribution is -2.39. The molecule has 0 bridgehead atoms. The van der Waals surface area contributed by atoms with Gasteiger partial charge in [0, 0.05) is 18.7 Å². The summed E-state index contributed by atoms with van der Waals surface area (Å²) in [7, 11) is 0. The zero-order valence-electron chi connectivity index (χ0n) is 13.1. The van der Waals surface area contributed by atoms with E-state index in [9.17, 15) is 9.59 Å². The van der Waals surface area contributed by atoms with Crippen molar-refractivity contribution in [3.63, 3.8) is 0 Å². The first-order valence-electron chi connectivity index (χ1n) is 7.57. The molecule has 124 valence electrons. The third kappa shape index (κ3) is 3.83. The van der Waals surface area contributed by atoms with E-state index in [0.717, 1.165) is 11.3 Å². The molecule has 1 aromatic carbocycles. The Morgan fingerprint density at radius 2 is 2.00 bits per heavy atom. The van der Waals surface area contributed by atoms with Gasteiger partial charge in [-0.3, -0.25) is 4.79 Å². The van der Waals surface area contributed by atoms with Crippen LogP contribution in [-0.4, -0.2) is 29.5 Å². The van der Waals surface area contributed by atoms with Gasteiger partial charge in [0.25, 0.3) is 0 Å². The highest BCUT2D eigenvalue weighted by molar-refractivity contribution is 6.29. The molecule has 1 atom stereocenters. The van der Waals surface area contributed by atoms with Gasteiger partial charge < -0.3 is 15.5 Å². The van der Waals surface area contributed by atoms with Gasteiger partial charge in [-0.1, -0.05) is 29.3 Å². The molecule has 3 rings (SSSR count). The van der Waals surface area contributed by atoms with Crippen LogP contribution in [-0.2, 0) is 4.79 Å². The van der Waals surface area contributed by atoms with Crippen molar-refractivity contribution in [2.24, 2.45) is 0 Å². The Labute approximate surface area is 144 Å². The highest BCUT2D eigenvalue weighted by Crippen LogP contribution is 2.22. The molecule has 0 aliphatic carbocycles. The summed E-state index contributed by atoms with van der Waals surface area (Å²) in [6, 6.07) is 10.4. The minimum atomic E-state index is -0.373. The zero-order chi connectivity index (χ0) is 17.1. The molecule has 7 heteroatoms. The van der Waals surface area contributed by atoms with Gasteiger partial charge in [-0.25, -0.2) is 9.78 Å². The summed E-state index contributed by atoms with van der Waals surface area (Å²) >= 11 is 5.70. The van der Waals surface area contributed by atoms with E-state index in [1.807, 2.05) is 31.2 Å². The zero-order valence-corrected chi connectivity index (χ0v) is 13.9. The van der Waals surface area contributed by atoms with E-state index in [1.54, 1.807) is 17.0 Å². The highest BCUT2D eigenvalue weighted by atomic mass is 35.5. The number of carbonyl (C=O) groups excluding carboxylic acids is 2. The molecular formula is C17H17ClN4O2. The van der Waals surface area contributed by atoms with Crippen LogP contribution in [0.4, 0.5) is 16.2 Å². The van der Waals surface area contributed by atoms with E-state index >= 15 is 0 Å². The number of aryl methyl sites for hydroxylation is 1. The molecule has 2 aromatic rings. The van der Waals surface area contributed by atoms with Crippen molar-refractivity contribution in [3.8, 4) is 0 Å². The van der Waals surface area contributed by atoms with Gasteiger partial charge in [0.15, 0.2) is 0 Å². The Bertz CT molecular complexity index is 746. The highest BCUT2D eigenvalue weighted by Gasteiger charge is 2.31. The number of hydrogen-bond acceptors (Lipinski definition) is 3. The second-order valence-electron chi connectivity index (χ2n) is 5.71. The summed E-state index contributed by atoms with van der Waals surface area (Å²) < 4.78 is 0. The summed E-state index contributed by atoms with van der Waals surface area (Å²) in [6.07, 6.45) is 1.75. The smallest absolute Gasteiger partial charge is 0.319 e. The van der Waals surface area contributed by atoms with Crippen molar-refractivity contribution >= 4 is 34.9 Å². The molecule has 0 saturated carbocycles. The molecule has 1 saturated heterocycles. The van der Waals surface area contributed by atoms with Crippen LogP contribution in [0.1, 0.15) is 12.0 Å². The van der Waals surface area contributed by atoms with Gasteiger partial charge in [-0.15, -0.1) is 0 Å². The first-order valence-corrected chi connectivity index (χ1v) is 7.95. The normalized spacial score (nSPS) is 17.0. The summed E-state index contributed by atoms with van der Waals surface area (Å²) in [4.78, 5) is 29.8. The molecule has 1 aliphatic rings. The van der Waals surface area contributed by atoms with Crippen molar-refractivity contribution in [3.05, 3.63) is 53.3 Å². The van der Waals surface area contributed by atoms with Gasteiger partial charge in [0.2, 0.25) is 5.91 Å². The van der Waals surface area contributed by atoms with Crippen LogP contribution in [0.5, 0.6) is 0 Å². The average molecular weight is 345 g/mol. The number of halogens is 1. The number of aromatic nitrogens is 1. The van der Waals surface area contributed by atoms with Crippen molar-refractivity contribution < 1.29 is 9.59 Å². The summed E-state index contributed by atoms with van der Waals surface area (Å²) in [5.74, 6) is -0.00249. The monoisotopic (exact) mass is 344 g/mol. The predicted molar refractivity (Wildman–Crippen MR) is 93.3 cm³/mol. The largest absolute Gasteiger partial charge is 0.333 e. The number of benzene rings is 1. The lowest BCUT2D eigenvalue weighted by Gasteiger charge is -2.17. The van der Waals surface area contributed by atoms with Crippen LogP contribution < -0.4 is 15.5 Å². The molecule has 3 amide bonds. The SMILES string of the molecule is Cc1ccc(N2CC(NC(=O)Nc3ccc(Cl)nc3)CC2=O)cc1. The van der Waals surface area contributed by atoms with E-state index < -0.39 is 0 Å². The number of carbonyl (C=O) groups is 2. The first-order chi connectivity index (χ1) is 11.5. The Kier molecular flexibility index (Phi) is 4.66. The third-order valence-electron chi connectivity index (χ3n) is 3.79. The molecule has 6 nitrogen and oxygen atoms in total. The number of hydrogen-bond donors (Lipinski definition) is 2. The lowest BCUT2D eigenvalue weighted by atomic mass is 10.2. The number of urea groups is 1. The van der Waals surface area contributed by atoms with E-state index in [2.05, 4.69) is 15.6 Å². The fraction of sp³-hybridized carbons (Fsp3) is 0.235. The van der Waals surface area contributed by atoms with E-state index in [-0.39, 0.29) is 24.4 Å². The number of nitrogens with zero attached hydrogens (tertiary/aromatic N) is 2. The number of pyridine rings is 1. The first kappa shape index (κ1) is 16.3. The average Bonchev–Trinajstić information content (AvgIpc) is 2.90. The second kappa shape index (κ2) is 6.88. The van der Waals surface area contributed by atoms with Gasteiger partial charge in [-0.05, 0) is 31.2 Å². The van der Waals surface area contributed by atoms with E-state index in [0.29, 0.717) is 17.4 Å². The van der Waals surface area contributed by atoms with Gasteiger partial charge in [0.1, 0.15) is 5.15 Å². The number of amides is 3. The van der Waals surface area contributed by atoms with Crippen molar-refractivity contribution in [1.82, 2.24) is 10.3 Å². The minimum absolute atomic E-state index is 0.00249. The van der Waals surface area contributed by atoms with Crippen molar-refractivity contribution in [1.29, 1.82) is 0 Å². The lowest BCUT2D eigenvalue weighted by molar-refractivity contribution is -0.117. The van der Waals surface area contributed by atoms with Gasteiger partial charge >= 0.3 is 6.03 Å². The minimum Gasteiger partial charge on any atom is -0.333 e. The summed E-state index contributed by atoms with van der Waals surface area (Å²) in [5, 5.41) is 5.84. The van der Waals surface area contributed by atoms with Crippen LogP contribution in [0.25, 0.3) is 0 Å². The standard InChI is InChI=1S/C17H17ClN4O2/c1-11-2-5-14(6-3-11)22-10-13(8-16(22)23)21-17(24)20-12-4-7-15(18)19-9-12/h2-7,9,13H,8,10H2,1H3,(H2,20,21,24). The van der Waals surface area contributed by atoms with Crippen molar-refractivity contribution in [2.75, 3.05) is 16.8 Å². The Morgan fingerprint density at radius 3 is 2.67 bits per heavy atom. The molecule has 2 N–H and O–H groups in total. The Hall–Kier alpha value is -2.60. The fourth-order valence-electron chi connectivity index (χ4n) is 2.58. The Morgan fingerprint density at radius 1 is 1.25 bits per heavy atom. The van der Waals surface area contributed by atoms with Crippen LogP contribution >= 0.6 is 11.6 Å². The van der Waals surface area contributed by atoms with Gasteiger partial charge in [0.05, 0.1) is 17.9 Å². The quantitative estimate of drug-likeness (QED) is 0.841. The number of rotatable bonds is 3. The summed E-state index contributed by atoms with van der Waals surface area (Å²) in [6.45, 7) is 2.45. The number of anilines is 2. The predicted octanol–water partition coefficient (Wildman–Crippen LogP) is 2.97. The topological polar surface area (TPSA) is 74.3 Å².